The smallest absolute Gasteiger partial charge is 0.234 e. The maximum Gasteiger partial charge on any atom is 0.234 e. The Balaban J connectivity index is 1.61. The summed E-state index contributed by atoms with van der Waals surface area (Å²) in [6.45, 7) is 0. The Morgan fingerprint density at radius 1 is 1.05 bits per heavy atom. The molecule has 1 heterocycles. The van der Waals surface area contributed by atoms with E-state index in [1.54, 1.807) is 23.1 Å². The highest BCUT2D eigenvalue weighted by molar-refractivity contribution is 7.99. The molecule has 106 valence electrons. The number of carbonyl (C=O) groups is 1. The summed E-state index contributed by atoms with van der Waals surface area (Å²) in [6, 6.07) is 18.2. The van der Waals surface area contributed by atoms with Crippen LogP contribution in [0.3, 0.4) is 0 Å². The van der Waals surface area contributed by atoms with Gasteiger partial charge < -0.3 is 5.32 Å². The lowest BCUT2D eigenvalue weighted by molar-refractivity contribution is -0.113. The maximum atomic E-state index is 12.1. The van der Waals surface area contributed by atoms with Gasteiger partial charge in [0.1, 0.15) is 0 Å². The Bertz CT molecular complexity index is 732. The number of benzene rings is 2. The fourth-order valence-corrected chi connectivity index (χ4v) is 3.83. The van der Waals surface area contributed by atoms with Crippen LogP contribution in [0.5, 0.6) is 0 Å². The van der Waals surface area contributed by atoms with Crippen molar-refractivity contribution < 1.29 is 4.79 Å². The van der Waals surface area contributed by atoms with E-state index in [1.807, 2.05) is 36.4 Å². The standard InChI is InChI=1S/C17H15NOS2/c19-17(12-20-11-14-7-4-10-21-14)18-16-9-3-6-13-5-1-2-8-15(13)16/h1-10H,11-12H2,(H,18,19). The van der Waals surface area contributed by atoms with Crippen molar-refractivity contribution in [2.24, 2.45) is 0 Å². The number of anilines is 1. The van der Waals surface area contributed by atoms with Crippen LogP contribution < -0.4 is 5.32 Å². The van der Waals surface area contributed by atoms with Gasteiger partial charge >= 0.3 is 0 Å². The first-order valence-electron chi connectivity index (χ1n) is 6.71. The van der Waals surface area contributed by atoms with Crippen molar-refractivity contribution in [2.45, 2.75) is 5.75 Å². The Hall–Kier alpha value is -1.78. The molecular weight excluding hydrogens is 298 g/mol. The molecule has 0 spiro atoms. The Labute approximate surface area is 132 Å². The molecule has 0 saturated carbocycles. The molecule has 0 unspecified atom stereocenters. The summed E-state index contributed by atoms with van der Waals surface area (Å²) in [4.78, 5) is 13.4. The molecule has 1 aromatic heterocycles. The van der Waals surface area contributed by atoms with Gasteiger partial charge in [0.05, 0.1) is 5.75 Å². The van der Waals surface area contributed by atoms with Crippen LogP contribution in [0, 0.1) is 0 Å². The SMILES string of the molecule is O=C(CSCc1cccs1)Nc1cccc2ccccc12. The number of fused-ring (bicyclic) bond motifs is 1. The highest BCUT2D eigenvalue weighted by Gasteiger charge is 2.06. The predicted molar refractivity (Wildman–Crippen MR) is 93.1 cm³/mol. The summed E-state index contributed by atoms with van der Waals surface area (Å²) in [6.07, 6.45) is 0. The van der Waals surface area contributed by atoms with E-state index in [0.29, 0.717) is 5.75 Å². The lowest BCUT2D eigenvalue weighted by Crippen LogP contribution is -2.14. The summed E-state index contributed by atoms with van der Waals surface area (Å²) < 4.78 is 0. The van der Waals surface area contributed by atoms with Crippen LogP contribution in [0.25, 0.3) is 10.8 Å². The minimum absolute atomic E-state index is 0.0490. The molecule has 3 aromatic rings. The van der Waals surface area contributed by atoms with Gasteiger partial charge in [-0.05, 0) is 22.9 Å². The summed E-state index contributed by atoms with van der Waals surface area (Å²) in [5.41, 5.74) is 0.884. The topological polar surface area (TPSA) is 29.1 Å². The quantitative estimate of drug-likeness (QED) is 0.735. The third-order valence-electron chi connectivity index (χ3n) is 3.12. The van der Waals surface area contributed by atoms with Crippen LogP contribution in [0.2, 0.25) is 0 Å². The molecule has 0 saturated heterocycles. The lowest BCUT2D eigenvalue weighted by atomic mass is 10.1. The molecular formula is C17H15NOS2. The van der Waals surface area contributed by atoms with Crippen molar-refractivity contribution in [3.8, 4) is 0 Å². The Kier molecular flexibility index (Phi) is 4.58. The number of thioether (sulfide) groups is 1. The van der Waals surface area contributed by atoms with Gasteiger partial charge in [-0.1, -0.05) is 42.5 Å². The second kappa shape index (κ2) is 6.78. The molecule has 0 aliphatic rings. The molecule has 3 rings (SSSR count). The van der Waals surface area contributed by atoms with Crippen LogP contribution in [0.15, 0.2) is 60.0 Å². The first kappa shape index (κ1) is 14.2. The summed E-state index contributed by atoms with van der Waals surface area (Å²) in [5.74, 6) is 1.41. The van der Waals surface area contributed by atoms with Gasteiger partial charge in [0.2, 0.25) is 5.91 Å². The second-order valence-electron chi connectivity index (χ2n) is 4.65. The number of rotatable bonds is 5. The predicted octanol–water partition coefficient (Wildman–Crippen LogP) is 4.77. The molecule has 21 heavy (non-hydrogen) atoms. The van der Waals surface area contributed by atoms with E-state index in [9.17, 15) is 4.79 Å². The van der Waals surface area contributed by atoms with Crippen molar-refractivity contribution in [1.82, 2.24) is 0 Å². The molecule has 1 N–H and O–H groups in total. The van der Waals surface area contributed by atoms with Gasteiger partial charge in [-0.2, -0.15) is 0 Å². The van der Waals surface area contributed by atoms with Gasteiger partial charge in [0.25, 0.3) is 0 Å². The Morgan fingerprint density at radius 3 is 2.76 bits per heavy atom. The van der Waals surface area contributed by atoms with Gasteiger partial charge in [0.15, 0.2) is 0 Å². The zero-order valence-corrected chi connectivity index (χ0v) is 13.0. The molecule has 1 amide bonds. The summed E-state index contributed by atoms with van der Waals surface area (Å²) >= 11 is 3.37. The van der Waals surface area contributed by atoms with Crippen molar-refractivity contribution in [1.29, 1.82) is 0 Å². The normalized spacial score (nSPS) is 10.7. The fraction of sp³-hybridized carbons (Fsp3) is 0.118. The third kappa shape index (κ3) is 3.65. The van der Waals surface area contributed by atoms with Crippen molar-refractivity contribution in [3.05, 3.63) is 64.9 Å². The number of amides is 1. The van der Waals surface area contributed by atoms with Crippen LogP contribution in [0.1, 0.15) is 4.88 Å². The minimum Gasteiger partial charge on any atom is -0.325 e. The number of hydrogen-bond donors (Lipinski definition) is 1. The zero-order valence-electron chi connectivity index (χ0n) is 11.4. The molecule has 0 bridgehead atoms. The minimum atomic E-state index is 0.0490. The van der Waals surface area contributed by atoms with Crippen molar-refractivity contribution in [3.63, 3.8) is 0 Å². The number of thiophene rings is 1. The molecule has 0 fully saturated rings. The van der Waals surface area contributed by atoms with E-state index in [1.165, 1.54) is 4.88 Å². The van der Waals surface area contributed by atoms with E-state index in [2.05, 4.69) is 28.9 Å². The highest BCUT2D eigenvalue weighted by atomic mass is 32.2. The highest BCUT2D eigenvalue weighted by Crippen LogP contribution is 2.23. The first-order valence-corrected chi connectivity index (χ1v) is 8.74. The maximum absolute atomic E-state index is 12.1. The van der Waals surface area contributed by atoms with Gasteiger partial charge in [-0.15, -0.1) is 23.1 Å². The van der Waals surface area contributed by atoms with Crippen molar-refractivity contribution in [2.75, 3.05) is 11.1 Å². The van der Waals surface area contributed by atoms with Crippen LogP contribution in [-0.4, -0.2) is 11.7 Å². The third-order valence-corrected chi connectivity index (χ3v) is 5.16. The zero-order chi connectivity index (χ0) is 14.5. The van der Waals surface area contributed by atoms with Gasteiger partial charge in [0, 0.05) is 21.7 Å². The van der Waals surface area contributed by atoms with E-state index in [0.717, 1.165) is 22.2 Å². The van der Waals surface area contributed by atoms with Crippen LogP contribution in [0.4, 0.5) is 5.69 Å². The van der Waals surface area contributed by atoms with E-state index in [-0.39, 0.29) is 5.91 Å². The number of carbonyl (C=O) groups excluding carboxylic acids is 1. The van der Waals surface area contributed by atoms with Gasteiger partial charge in [-0.3, -0.25) is 4.79 Å². The van der Waals surface area contributed by atoms with E-state index in [4.69, 9.17) is 0 Å². The average molecular weight is 313 g/mol. The van der Waals surface area contributed by atoms with E-state index < -0.39 is 0 Å². The molecule has 0 atom stereocenters. The molecule has 0 aliphatic heterocycles. The van der Waals surface area contributed by atoms with Gasteiger partial charge in [-0.25, -0.2) is 0 Å². The van der Waals surface area contributed by atoms with Crippen LogP contribution >= 0.6 is 23.1 Å². The molecule has 0 aliphatic carbocycles. The Morgan fingerprint density at radius 2 is 1.90 bits per heavy atom. The summed E-state index contributed by atoms with van der Waals surface area (Å²) in [7, 11) is 0. The molecule has 2 aromatic carbocycles. The second-order valence-corrected chi connectivity index (χ2v) is 6.66. The molecule has 0 radical (unpaired) electrons. The van der Waals surface area contributed by atoms with Crippen LogP contribution in [-0.2, 0) is 10.5 Å². The largest absolute Gasteiger partial charge is 0.325 e. The van der Waals surface area contributed by atoms with Crippen molar-refractivity contribution >= 4 is 45.5 Å². The monoisotopic (exact) mass is 313 g/mol. The average Bonchev–Trinajstić information content (AvgIpc) is 3.01. The first-order chi connectivity index (χ1) is 10.3. The fourth-order valence-electron chi connectivity index (χ4n) is 2.16. The van der Waals surface area contributed by atoms with E-state index >= 15 is 0 Å². The molecule has 2 nitrogen and oxygen atoms in total. The number of hydrogen-bond acceptors (Lipinski definition) is 3. The lowest BCUT2D eigenvalue weighted by Gasteiger charge is -2.08. The summed E-state index contributed by atoms with van der Waals surface area (Å²) in [5, 5.41) is 7.29. The molecule has 4 heteroatoms. The number of nitrogens with one attached hydrogen (secondary N) is 1.